The molecule has 1 aromatic rings. The summed E-state index contributed by atoms with van der Waals surface area (Å²) >= 11 is 3.29. The smallest absolute Gasteiger partial charge is 0.272 e. The second-order valence-corrected chi connectivity index (χ2v) is 6.12. The fourth-order valence-corrected chi connectivity index (χ4v) is 2.48. The Morgan fingerprint density at radius 1 is 1.50 bits per heavy atom. The molecule has 0 aliphatic carbocycles. The van der Waals surface area contributed by atoms with E-state index in [0.717, 1.165) is 4.47 Å². The number of halogens is 1. The number of carbonyl (C=O) groups is 1. The van der Waals surface area contributed by atoms with Gasteiger partial charge in [0.2, 0.25) is 0 Å². The largest absolute Gasteiger partial charge is 0.409 e. The molecule has 108 valence electrons. The van der Waals surface area contributed by atoms with Crippen molar-refractivity contribution in [3.05, 3.63) is 28.5 Å². The van der Waals surface area contributed by atoms with Crippen molar-refractivity contribution in [2.45, 2.75) is 19.8 Å². The molecule has 20 heavy (non-hydrogen) atoms. The molecule has 0 atom stereocenters. The minimum absolute atomic E-state index is 0.0842. The van der Waals surface area contributed by atoms with Gasteiger partial charge in [0.1, 0.15) is 11.5 Å². The summed E-state index contributed by atoms with van der Waals surface area (Å²) in [4.78, 5) is 18.2. The highest BCUT2D eigenvalue weighted by Gasteiger charge is 2.35. The molecule has 0 radical (unpaired) electrons. The zero-order valence-electron chi connectivity index (χ0n) is 11.2. The molecule has 0 unspecified atom stereocenters. The van der Waals surface area contributed by atoms with Crippen molar-refractivity contribution < 1.29 is 10.0 Å². The van der Waals surface area contributed by atoms with Gasteiger partial charge in [0.15, 0.2) is 0 Å². The van der Waals surface area contributed by atoms with Crippen LogP contribution in [-0.2, 0) is 0 Å². The Hall–Kier alpha value is -1.63. The quantitative estimate of drug-likeness (QED) is 0.372. The molecule has 1 fully saturated rings. The summed E-state index contributed by atoms with van der Waals surface area (Å²) in [7, 11) is 0. The van der Waals surface area contributed by atoms with Crippen LogP contribution >= 0.6 is 15.9 Å². The molecule has 6 nitrogen and oxygen atoms in total. The van der Waals surface area contributed by atoms with Crippen LogP contribution < -0.4 is 5.73 Å². The first-order valence-electron chi connectivity index (χ1n) is 6.35. The molecule has 0 aromatic carbocycles. The highest BCUT2D eigenvalue weighted by Crippen LogP contribution is 2.31. The number of amides is 1. The third kappa shape index (κ3) is 2.92. The highest BCUT2D eigenvalue weighted by atomic mass is 79.9. The Labute approximate surface area is 125 Å². The van der Waals surface area contributed by atoms with Crippen LogP contribution in [0.25, 0.3) is 0 Å². The predicted molar refractivity (Wildman–Crippen MR) is 78.6 cm³/mol. The van der Waals surface area contributed by atoms with Crippen LogP contribution in [0.15, 0.2) is 28.0 Å². The first-order chi connectivity index (χ1) is 9.46. The maximum absolute atomic E-state index is 12.3. The van der Waals surface area contributed by atoms with Crippen LogP contribution in [-0.4, -0.2) is 39.9 Å². The first-order valence-corrected chi connectivity index (χ1v) is 7.14. The molecule has 0 bridgehead atoms. The van der Waals surface area contributed by atoms with Gasteiger partial charge >= 0.3 is 0 Å². The SMILES string of the molecule is CC1(/C(N)=N/O)CCN(C(=O)c2ccc(Br)cn2)CC1. The molecule has 1 aromatic heterocycles. The molecule has 1 aliphatic rings. The van der Waals surface area contributed by atoms with Gasteiger partial charge in [-0.1, -0.05) is 12.1 Å². The van der Waals surface area contributed by atoms with Crippen LogP contribution in [0.2, 0.25) is 0 Å². The normalized spacial score (nSPS) is 18.9. The topological polar surface area (TPSA) is 91.8 Å². The zero-order chi connectivity index (χ0) is 14.8. The number of nitrogens with two attached hydrogens (primary N) is 1. The summed E-state index contributed by atoms with van der Waals surface area (Å²) in [5.41, 5.74) is 5.79. The average molecular weight is 341 g/mol. The van der Waals surface area contributed by atoms with Crippen molar-refractivity contribution in [1.29, 1.82) is 0 Å². The number of hydrogen-bond acceptors (Lipinski definition) is 4. The highest BCUT2D eigenvalue weighted by molar-refractivity contribution is 9.10. The summed E-state index contributed by atoms with van der Waals surface area (Å²) in [6, 6.07) is 3.49. The van der Waals surface area contributed by atoms with Gasteiger partial charge in [-0.25, -0.2) is 4.98 Å². The van der Waals surface area contributed by atoms with Gasteiger partial charge in [-0.2, -0.15) is 0 Å². The Morgan fingerprint density at radius 3 is 2.65 bits per heavy atom. The molecule has 1 amide bonds. The Bertz CT molecular complexity index is 522. The average Bonchev–Trinajstić information content (AvgIpc) is 2.47. The van der Waals surface area contributed by atoms with E-state index in [4.69, 9.17) is 10.9 Å². The molecule has 2 heterocycles. The summed E-state index contributed by atoms with van der Waals surface area (Å²) < 4.78 is 0.840. The number of carbonyl (C=O) groups excluding carboxylic acids is 1. The van der Waals surface area contributed by atoms with Crippen LogP contribution in [0.4, 0.5) is 0 Å². The van der Waals surface area contributed by atoms with Gasteiger partial charge in [0, 0.05) is 29.2 Å². The Kier molecular flexibility index (Phi) is 4.27. The van der Waals surface area contributed by atoms with Crippen LogP contribution in [0.5, 0.6) is 0 Å². The molecule has 2 rings (SSSR count). The minimum Gasteiger partial charge on any atom is -0.409 e. The van der Waals surface area contributed by atoms with E-state index in [1.54, 1.807) is 23.2 Å². The number of nitrogens with zero attached hydrogens (tertiary/aromatic N) is 3. The van der Waals surface area contributed by atoms with Crippen molar-refractivity contribution >= 4 is 27.7 Å². The van der Waals surface area contributed by atoms with Crippen molar-refractivity contribution in [3.8, 4) is 0 Å². The lowest BCUT2D eigenvalue weighted by molar-refractivity contribution is 0.0660. The van der Waals surface area contributed by atoms with E-state index < -0.39 is 0 Å². The number of hydrogen-bond donors (Lipinski definition) is 2. The van der Waals surface area contributed by atoms with E-state index in [1.807, 2.05) is 6.92 Å². The number of aromatic nitrogens is 1. The number of likely N-dealkylation sites (tertiary alicyclic amines) is 1. The molecule has 3 N–H and O–H groups in total. The van der Waals surface area contributed by atoms with E-state index in [1.165, 1.54) is 0 Å². The van der Waals surface area contributed by atoms with Gasteiger partial charge in [-0.15, -0.1) is 0 Å². The second-order valence-electron chi connectivity index (χ2n) is 5.20. The standard InChI is InChI=1S/C13H17BrN4O2/c1-13(12(15)17-20)4-6-18(7-5-13)11(19)10-3-2-9(14)8-16-10/h2-3,8,20H,4-7H2,1H3,(H2,15,17). The van der Waals surface area contributed by atoms with Crippen molar-refractivity contribution in [2.75, 3.05) is 13.1 Å². The molecule has 0 spiro atoms. The molecule has 1 saturated heterocycles. The fraction of sp³-hybridized carbons (Fsp3) is 0.462. The number of rotatable bonds is 2. The van der Waals surface area contributed by atoms with E-state index in [9.17, 15) is 4.79 Å². The second kappa shape index (κ2) is 5.78. The molecule has 1 aliphatic heterocycles. The first kappa shape index (κ1) is 14.8. The fourth-order valence-electron chi connectivity index (χ4n) is 2.24. The van der Waals surface area contributed by atoms with E-state index in [-0.39, 0.29) is 17.2 Å². The van der Waals surface area contributed by atoms with Gasteiger partial charge in [0.05, 0.1) is 0 Å². The van der Waals surface area contributed by atoms with E-state index in [2.05, 4.69) is 26.1 Å². The van der Waals surface area contributed by atoms with Crippen LogP contribution in [0.1, 0.15) is 30.3 Å². The van der Waals surface area contributed by atoms with E-state index in [0.29, 0.717) is 31.6 Å². The van der Waals surface area contributed by atoms with Gasteiger partial charge < -0.3 is 15.8 Å². The van der Waals surface area contributed by atoms with Gasteiger partial charge in [0.25, 0.3) is 5.91 Å². The third-order valence-corrected chi connectivity index (χ3v) is 4.30. The van der Waals surface area contributed by atoms with Crippen molar-refractivity contribution in [2.24, 2.45) is 16.3 Å². The Morgan fingerprint density at radius 2 is 2.15 bits per heavy atom. The number of pyridine rings is 1. The zero-order valence-corrected chi connectivity index (χ0v) is 12.8. The number of oxime groups is 1. The van der Waals surface area contributed by atoms with Gasteiger partial charge in [-0.3, -0.25) is 4.79 Å². The van der Waals surface area contributed by atoms with Crippen molar-refractivity contribution in [3.63, 3.8) is 0 Å². The lowest BCUT2D eigenvalue weighted by Crippen LogP contribution is -2.47. The minimum atomic E-state index is -0.349. The lowest BCUT2D eigenvalue weighted by Gasteiger charge is -2.38. The molecular formula is C13H17BrN4O2. The summed E-state index contributed by atoms with van der Waals surface area (Å²) in [6.07, 6.45) is 2.95. The van der Waals surface area contributed by atoms with E-state index >= 15 is 0 Å². The maximum Gasteiger partial charge on any atom is 0.272 e. The lowest BCUT2D eigenvalue weighted by atomic mass is 9.79. The van der Waals surface area contributed by atoms with Crippen LogP contribution in [0.3, 0.4) is 0 Å². The maximum atomic E-state index is 12.3. The number of piperidine rings is 1. The summed E-state index contributed by atoms with van der Waals surface area (Å²) in [5.74, 6) is 0.144. The predicted octanol–water partition coefficient (Wildman–Crippen LogP) is 1.83. The molecular weight excluding hydrogens is 324 g/mol. The molecule has 7 heteroatoms. The molecule has 0 saturated carbocycles. The monoisotopic (exact) mass is 340 g/mol. The van der Waals surface area contributed by atoms with Crippen LogP contribution in [0, 0.1) is 5.41 Å². The van der Waals surface area contributed by atoms with Crippen molar-refractivity contribution in [1.82, 2.24) is 9.88 Å². The van der Waals surface area contributed by atoms with Gasteiger partial charge in [-0.05, 0) is 40.9 Å². The third-order valence-electron chi connectivity index (χ3n) is 3.83. The Balaban J connectivity index is 2.04. The summed E-state index contributed by atoms with van der Waals surface area (Å²) in [6.45, 7) is 3.09. The number of amidine groups is 1. The summed E-state index contributed by atoms with van der Waals surface area (Å²) in [5, 5.41) is 11.9.